The molecule has 0 saturated carbocycles. The summed E-state index contributed by atoms with van der Waals surface area (Å²) in [5.74, 6) is -0.189. The first-order chi connectivity index (χ1) is 7.52. The van der Waals surface area contributed by atoms with Crippen LogP contribution < -0.4 is 5.32 Å². The lowest BCUT2D eigenvalue weighted by Gasteiger charge is -2.21. The van der Waals surface area contributed by atoms with Crippen LogP contribution in [0.4, 0.5) is 0 Å². The van der Waals surface area contributed by atoms with Gasteiger partial charge in [0.25, 0.3) is 0 Å². The highest BCUT2D eigenvalue weighted by Gasteiger charge is 2.22. The first-order valence-electron chi connectivity index (χ1n) is 5.59. The Balaban J connectivity index is 3.97. The molecule has 5 nitrogen and oxygen atoms in total. The predicted octanol–water partition coefficient (Wildman–Crippen LogP) is 0.171. The van der Waals surface area contributed by atoms with Gasteiger partial charge in [0, 0.05) is 13.2 Å². The Morgan fingerprint density at radius 3 is 2.50 bits per heavy atom. The van der Waals surface area contributed by atoms with Crippen LogP contribution in [0.3, 0.4) is 0 Å². The van der Waals surface area contributed by atoms with Gasteiger partial charge in [-0.25, -0.2) is 0 Å². The Morgan fingerprint density at radius 2 is 2.06 bits per heavy atom. The van der Waals surface area contributed by atoms with Gasteiger partial charge >= 0.3 is 5.97 Å². The van der Waals surface area contributed by atoms with E-state index in [1.807, 2.05) is 20.8 Å². The molecule has 0 amide bonds. The fraction of sp³-hybridized carbons (Fsp3) is 0.909. The normalized spacial score (nSPS) is 14.9. The molecule has 0 aromatic rings. The van der Waals surface area contributed by atoms with Gasteiger partial charge in [-0.15, -0.1) is 0 Å². The molecule has 0 rings (SSSR count). The van der Waals surface area contributed by atoms with Crippen LogP contribution in [0.25, 0.3) is 0 Å². The van der Waals surface area contributed by atoms with Gasteiger partial charge in [-0.3, -0.25) is 4.79 Å². The maximum atomic E-state index is 11.4. The van der Waals surface area contributed by atoms with E-state index in [0.29, 0.717) is 13.2 Å². The van der Waals surface area contributed by atoms with Crippen molar-refractivity contribution in [3.8, 4) is 0 Å². The van der Waals surface area contributed by atoms with Crippen LogP contribution >= 0.6 is 0 Å². The Bertz CT molecular complexity index is 196. The van der Waals surface area contributed by atoms with Gasteiger partial charge in [-0.2, -0.15) is 0 Å². The van der Waals surface area contributed by atoms with E-state index in [1.54, 1.807) is 0 Å². The Kier molecular flexibility index (Phi) is 8.15. The second-order valence-electron chi connectivity index (χ2n) is 3.97. The zero-order valence-corrected chi connectivity index (χ0v) is 10.5. The summed E-state index contributed by atoms with van der Waals surface area (Å²) < 4.78 is 9.74. The van der Waals surface area contributed by atoms with Gasteiger partial charge in [0.1, 0.15) is 6.04 Å². The summed E-state index contributed by atoms with van der Waals surface area (Å²) in [6.45, 7) is 6.87. The molecule has 0 aliphatic carbocycles. The van der Waals surface area contributed by atoms with Gasteiger partial charge in [0.2, 0.25) is 0 Å². The number of carbonyl (C=O) groups excluding carboxylic acids is 1. The molecule has 2 atom stereocenters. The fourth-order valence-electron chi connectivity index (χ4n) is 1.29. The van der Waals surface area contributed by atoms with Crippen LogP contribution in [0, 0.1) is 5.92 Å². The lowest BCUT2D eigenvalue weighted by molar-refractivity contribution is -0.144. The number of esters is 1. The molecule has 0 aliphatic heterocycles. The number of methoxy groups -OCH3 is 1. The van der Waals surface area contributed by atoms with Crippen molar-refractivity contribution < 1.29 is 19.4 Å². The maximum absolute atomic E-state index is 11.4. The van der Waals surface area contributed by atoms with Gasteiger partial charge in [-0.1, -0.05) is 13.8 Å². The molecule has 0 heterocycles. The zero-order chi connectivity index (χ0) is 12.6. The van der Waals surface area contributed by atoms with Crippen LogP contribution in [0.1, 0.15) is 20.8 Å². The number of aliphatic hydroxyl groups excluding tert-OH is 1. The zero-order valence-electron chi connectivity index (χ0n) is 10.5. The van der Waals surface area contributed by atoms with E-state index in [-0.39, 0.29) is 24.5 Å². The van der Waals surface area contributed by atoms with Crippen molar-refractivity contribution in [3.63, 3.8) is 0 Å². The molecule has 96 valence electrons. The molecule has 2 unspecified atom stereocenters. The SMILES string of the molecule is CCOCC(O)CNC(C(=O)OC)C(C)C. The van der Waals surface area contributed by atoms with Crippen molar-refractivity contribution >= 4 is 5.97 Å². The van der Waals surface area contributed by atoms with Gasteiger partial charge in [0.05, 0.1) is 19.8 Å². The van der Waals surface area contributed by atoms with Gasteiger partial charge < -0.3 is 19.9 Å². The van der Waals surface area contributed by atoms with E-state index in [9.17, 15) is 9.90 Å². The van der Waals surface area contributed by atoms with E-state index in [2.05, 4.69) is 10.1 Å². The van der Waals surface area contributed by atoms with E-state index in [1.165, 1.54) is 7.11 Å². The molecule has 2 N–H and O–H groups in total. The number of ether oxygens (including phenoxy) is 2. The lowest BCUT2D eigenvalue weighted by atomic mass is 10.0. The first-order valence-corrected chi connectivity index (χ1v) is 5.59. The molecule has 16 heavy (non-hydrogen) atoms. The average molecular weight is 233 g/mol. The Hall–Kier alpha value is -0.650. The monoisotopic (exact) mass is 233 g/mol. The number of aliphatic hydroxyl groups is 1. The molecular weight excluding hydrogens is 210 g/mol. The van der Waals surface area contributed by atoms with Crippen LogP contribution in [0.15, 0.2) is 0 Å². The molecule has 0 radical (unpaired) electrons. The molecule has 0 aliphatic rings. The highest BCUT2D eigenvalue weighted by Crippen LogP contribution is 2.03. The second-order valence-corrected chi connectivity index (χ2v) is 3.97. The minimum atomic E-state index is -0.606. The van der Waals surface area contributed by atoms with E-state index in [4.69, 9.17) is 4.74 Å². The van der Waals surface area contributed by atoms with Gasteiger partial charge in [0.15, 0.2) is 0 Å². The van der Waals surface area contributed by atoms with E-state index >= 15 is 0 Å². The molecule has 0 aromatic heterocycles. The standard InChI is InChI=1S/C11H23NO4/c1-5-16-7-9(13)6-12-10(8(2)3)11(14)15-4/h8-10,12-13H,5-7H2,1-4H3. The minimum absolute atomic E-state index is 0.117. The smallest absolute Gasteiger partial charge is 0.323 e. The number of rotatable bonds is 8. The van der Waals surface area contributed by atoms with Crippen LogP contribution in [0.5, 0.6) is 0 Å². The maximum Gasteiger partial charge on any atom is 0.323 e. The third kappa shape index (κ3) is 6.05. The second kappa shape index (κ2) is 8.50. The molecule has 0 bridgehead atoms. The average Bonchev–Trinajstić information content (AvgIpc) is 2.25. The summed E-state index contributed by atoms with van der Waals surface area (Å²) in [6, 6.07) is -0.388. The first kappa shape index (κ1) is 15.3. The van der Waals surface area contributed by atoms with Crippen LogP contribution in [-0.2, 0) is 14.3 Å². The summed E-state index contributed by atoms with van der Waals surface area (Å²) in [7, 11) is 1.36. The molecule has 0 saturated heterocycles. The number of carbonyl (C=O) groups is 1. The summed E-state index contributed by atoms with van der Waals surface area (Å²) in [4.78, 5) is 11.4. The Labute approximate surface area is 97.1 Å². The number of hydrogen-bond acceptors (Lipinski definition) is 5. The van der Waals surface area contributed by atoms with Crippen molar-refractivity contribution in [1.29, 1.82) is 0 Å². The molecule has 0 fully saturated rings. The van der Waals surface area contributed by atoms with Crippen LogP contribution in [-0.4, -0.2) is 50.1 Å². The Morgan fingerprint density at radius 1 is 1.44 bits per heavy atom. The highest BCUT2D eigenvalue weighted by molar-refractivity contribution is 5.75. The molecular formula is C11H23NO4. The fourth-order valence-corrected chi connectivity index (χ4v) is 1.29. The summed E-state index contributed by atoms with van der Waals surface area (Å²) >= 11 is 0. The molecule has 0 aromatic carbocycles. The number of nitrogens with one attached hydrogen (secondary N) is 1. The minimum Gasteiger partial charge on any atom is -0.468 e. The highest BCUT2D eigenvalue weighted by atomic mass is 16.5. The topological polar surface area (TPSA) is 67.8 Å². The van der Waals surface area contributed by atoms with Gasteiger partial charge in [-0.05, 0) is 12.8 Å². The predicted molar refractivity (Wildman–Crippen MR) is 61.1 cm³/mol. The van der Waals surface area contributed by atoms with Crippen molar-refractivity contribution in [2.24, 2.45) is 5.92 Å². The van der Waals surface area contributed by atoms with Crippen molar-refractivity contribution in [1.82, 2.24) is 5.32 Å². The molecule has 0 spiro atoms. The van der Waals surface area contributed by atoms with E-state index in [0.717, 1.165) is 0 Å². The van der Waals surface area contributed by atoms with Crippen LogP contribution in [0.2, 0.25) is 0 Å². The quantitative estimate of drug-likeness (QED) is 0.585. The number of hydrogen-bond donors (Lipinski definition) is 2. The lowest BCUT2D eigenvalue weighted by Crippen LogP contribution is -2.45. The molecule has 5 heteroatoms. The van der Waals surface area contributed by atoms with Crippen molar-refractivity contribution in [2.75, 3.05) is 26.9 Å². The largest absolute Gasteiger partial charge is 0.468 e. The third-order valence-electron chi connectivity index (χ3n) is 2.21. The summed E-state index contributed by atoms with van der Waals surface area (Å²) in [6.07, 6.45) is -0.606. The summed E-state index contributed by atoms with van der Waals surface area (Å²) in [5.41, 5.74) is 0. The van der Waals surface area contributed by atoms with Crippen molar-refractivity contribution in [2.45, 2.75) is 32.9 Å². The van der Waals surface area contributed by atoms with E-state index < -0.39 is 6.10 Å². The van der Waals surface area contributed by atoms with Crippen molar-refractivity contribution in [3.05, 3.63) is 0 Å². The third-order valence-corrected chi connectivity index (χ3v) is 2.21. The summed E-state index contributed by atoms with van der Waals surface area (Å²) in [5, 5.41) is 12.5.